The molecule has 1 radical (unpaired) electrons. The average molecular weight is 372 g/mol. The first-order chi connectivity index (χ1) is 12.7. The first kappa shape index (κ1) is 19.6. The maximum absolute atomic E-state index is 2.42. The zero-order valence-corrected chi connectivity index (χ0v) is 19.0. The molecule has 0 bridgehead atoms. The summed E-state index contributed by atoms with van der Waals surface area (Å²) in [5.41, 5.74) is 13.9. The van der Waals surface area contributed by atoms with E-state index in [1.54, 1.807) is 5.19 Å². The number of benzene rings is 3. The lowest BCUT2D eigenvalue weighted by molar-refractivity contribution is 1.31. The first-order valence-corrected chi connectivity index (χ1v) is 12.3. The first-order valence-electron chi connectivity index (χ1n) is 9.80. The summed E-state index contributed by atoms with van der Waals surface area (Å²) in [6.07, 6.45) is 0. The lowest BCUT2D eigenvalue weighted by atomic mass is 9.89. The van der Waals surface area contributed by atoms with Crippen LogP contribution >= 0.6 is 0 Å². The molecule has 0 saturated carbocycles. The van der Waals surface area contributed by atoms with Gasteiger partial charge in [-0.2, -0.15) is 0 Å². The Morgan fingerprint density at radius 3 is 1.19 bits per heavy atom. The van der Waals surface area contributed by atoms with E-state index >= 15 is 0 Å². The van der Waals surface area contributed by atoms with Crippen molar-refractivity contribution in [3.63, 3.8) is 0 Å². The Morgan fingerprint density at radius 2 is 0.889 bits per heavy atom. The van der Waals surface area contributed by atoms with E-state index in [9.17, 15) is 0 Å². The molecule has 0 aliphatic heterocycles. The monoisotopic (exact) mass is 371 g/mol. The van der Waals surface area contributed by atoms with E-state index in [1.807, 2.05) is 0 Å². The largest absolute Gasteiger partial charge is 0.0808 e. The van der Waals surface area contributed by atoms with Gasteiger partial charge in [0.15, 0.2) is 0 Å². The van der Waals surface area contributed by atoms with Crippen LogP contribution < -0.4 is 5.19 Å². The second-order valence-corrected chi connectivity index (χ2v) is 10.8. The van der Waals surface area contributed by atoms with E-state index in [-0.39, 0.29) is 0 Å². The van der Waals surface area contributed by atoms with Gasteiger partial charge in [0, 0.05) is 0 Å². The molecule has 27 heavy (non-hydrogen) atoms. The zero-order valence-electron chi connectivity index (χ0n) is 18.0. The van der Waals surface area contributed by atoms with Crippen molar-refractivity contribution in [2.75, 3.05) is 0 Å². The molecular formula is C26H31Si. The van der Waals surface area contributed by atoms with E-state index in [0.717, 1.165) is 0 Å². The van der Waals surface area contributed by atoms with Crippen molar-refractivity contribution in [1.82, 2.24) is 0 Å². The van der Waals surface area contributed by atoms with E-state index in [4.69, 9.17) is 0 Å². The van der Waals surface area contributed by atoms with Crippen LogP contribution in [0.15, 0.2) is 42.5 Å². The molecule has 0 atom stereocenters. The van der Waals surface area contributed by atoms with Crippen LogP contribution in [0, 0.1) is 41.5 Å². The predicted octanol–water partition coefficient (Wildman–Crippen LogP) is 6.83. The molecular weight excluding hydrogens is 340 g/mol. The highest BCUT2D eigenvalue weighted by Gasteiger charge is 2.20. The summed E-state index contributed by atoms with van der Waals surface area (Å²) in [5, 5.41) is 1.56. The van der Waals surface area contributed by atoms with Gasteiger partial charge in [0.1, 0.15) is 0 Å². The molecule has 0 fully saturated rings. The van der Waals surface area contributed by atoms with Crippen molar-refractivity contribution in [3.8, 4) is 22.3 Å². The van der Waals surface area contributed by atoms with Gasteiger partial charge in [-0.15, -0.1) is 0 Å². The van der Waals surface area contributed by atoms with Crippen LogP contribution in [0.1, 0.15) is 33.4 Å². The van der Waals surface area contributed by atoms with Crippen LogP contribution in [-0.2, 0) is 0 Å². The highest BCUT2D eigenvalue weighted by atomic mass is 28.3. The summed E-state index contributed by atoms with van der Waals surface area (Å²) in [6, 6.07) is 16.2. The molecule has 0 nitrogen and oxygen atoms in total. The number of aryl methyl sites for hydroxylation is 6. The Hall–Kier alpha value is -2.12. The Balaban J connectivity index is 2.37. The topological polar surface area (TPSA) is 0 Å². The molecule has 0 aromatic heterocycles. The van der Waals surface area contributed by atoms with Crippen molar-refractivity contribution < 1.29 is 0 Å². The number of hydrogen-bond donors (Lipinski definition) is 0. The molecule has 1 heteroatoms. The van der Waals surface area contributed by atoms with Crippen molar-refractivity contribution in [2.45, 2.75) is 54.6 Å². The second-order valence-electron chi connectivity index (χ2n) is 8.28. The van der Waals surface area contributed by atoms with Crippen LogP contribution in [0.2, 0.25) is 13.1 Å². The summed E-state index contributed by atoms with van der Waals surface area (Å²) in [6.45, 7) is 18.2. The summed E-state index contributed by atoms with van der Waals surface area (Å²) in [4.78, 5) is 0. The molecule has 0 saturated heterocycles. The smallest absolute Gasteiger partial charge is 0.0670 e. The van der Waals surface area contributed by atoms with E-state index < -0.39 is 8.80 Å². The molecule has 0 unspecified atom stereocenters. The minimum absolute atomic E-state index is 0.652. The van der Waals surface area contributed by atoms with Crippen LogP contribution in [0.5, 0.6) is 0 Å². The number of hydrogen-bond acceptors (Lipinski definition) is 0. The average Bonchev–Trinajstić information content (AvgIpc) is 2.52. The molecule has 0 aliphatic rings. The van der Waals surface area contributed by atoms with Gasteiger partial charge in [-0.1, -0.05) is 66.7 Å². The number of rotatable bonds is 3. The van der Waals surface area contributed by atoms with Gasteiger partial charge in [0.25, 0.3) is 0 Å². The van der Waals surface area contributed by atoms with Crippen molar-refractivity contribution in [3.05, 3.63) is 75.8 Å². The van der Waals surface area contributed by atoms with E-state index in [0.29, 0.717) is 0 Å². The molecule has 0 aliphatic carbocycles. The molecule has 139 valence electrons. The maximum atomic E-state index is 2.42. The standard InChI is InChI=1S/C26H31Si/c1-16-12-18(3)24(19(4)13-16)22-10-9-11-23(26(22)27(7)8)25-20(5)14-17(2)15-21(25)6/h9-15H,1-8H3. The summed E-state index contributed by atoms with van der Waals surface area (Å²) in [5.74, 6) is 0. The van der Waals surface area contributed by atoms with Crippen LogP contribution in [-0.4, -0.2) is 8.80 Å². The lowest BCUT2D eigenvalue weighted by Gasteiger charge is -2.23. The quantitative estimate of drug-likeness (QED) is 0.442. The highest BCUT2D eigenvalue weighted by Crippen LogP contribution is 2.33. The molecule has 0 heterocycles. The molecule has 0 amide bonds. The fourth-order valence-electron chi connectivity index (χ4n) is 4.72. The second kappa shape index (κ2) is 7.48. The van der Waals surface area contributed by atoms with Gasteiger partial charge < -0.3 is 0 Å². The van der Waals surface area contributed by atoms with Crippen molar-refractivity contribution in [2.24, 2.45) is 0 Å². The molecule has 0 N–H and O–H groups in total. The van der Waals surface area contributed by atoms with Crippen LogP contribution in [0.3, 0.4) is 0 Å². The minimum Gasteiger partial charge on any atom is -0.0670 e. The van der Waals surface area contributed by atoms with Crippen LogP contribution in [0.4, 0.5) is 0 Å². The molecule has 0 spiro atoms. The molecule has 3 rings (SSSR count). The minimum atomic E-state index is -0.652. The Morgan fingerprint density at radius 1 is 0.556 bits per heavy atom. The summed E-state index contributed by atoms with van der Waals surface area (Å²) >= 11 is 0. The highest BCUT2D eigenvalue weighted by molar-refractivity contribution is 6.73. The summed E-state index contributed by atoms with van der Waals surface area (Å²) in [7, 11) is -0.652. The van der Waals surface area contributed by atoms with Crippen LogP contribution in [0.25, 0.3) is 22.3 Å². The van der Waals surface area contributed by atoms with Gasteiger partial charge in [-0.05, 0) is 91.2 Å². The van der Waals surface area contributed by atoms with Crippen molar-refractivity contribution in [1.29, 1.82) is 0 Å². The predicted molar refractivity (Wildman–Crippen MR) is 123 cm³/mol. The third-order valence-electron chi connectivity index (χ3n) is 5.46. The van der Waals surface area contributed by atoms with Crippen molar-refractivity contribution >= 4 is 14.0 Å². The van der Waals surface area contributed by atoms with E-state index in [1.165, 1.54) is 55.6 Å². The van der Waals surface area contributed by atoms with Gasteiger partial charge in [-0.3, -0.25) is 0 Å². The maximum Gasteiger partial charge on any atom is 0.0808 e. The Kier molecular flexibility index (Phi) is 5.44. The Labute approximate surface area is 166 Å². The third kappa shape index (κ3) is 3.66. The van der Waals surface area contributed by atoms with Gasteiger partial charge in [0.2, 0.25) is 0 Å². The van der Waals surface area contributed by atoms with Gasteiger partial charge >= 0.3 is 0 Å². The normalized spacial score (nSPS) is 11.3. The zero-order chi connectivity index (χ0) is 19.9. The van der Waals surface area contributed by atoms with E-state index in [2.05, 4.69) is 97.1 Å². The summed E-state index contributed by atoms with van der Waals surface area (Å²) < 4.78 is 0. The molecule has 3 aromatic rings. The Bertz CT molecular complexity index is 887. The SMILES string of the molecule is Cc1cc(C)c(-c2cccc(-c3c(C)cc(C)cc3C)c2[Si](C)C)c(C)c1. The van der Waals surface area contributed by atoms with Gasteiger partial charge in [-0.25, -0.2) is 0 Å². The third-order valence-corrected chi connectivity index (χ3v) is 7.00. The fraction of sp³-hybridized carbons (Fsp3) is 0.308. The lowest BCUT2D eigenvalue weighted by Crippen LogP contribution is -2.28. The molecule has 3 aromatic carbocycles. The van der Waals surface area contributed by atoms with Gasteiger partial charge in [0.05, 0.1) is 8.80 Å². The fourth-order valence-corrected chi connectivity index (χ4v) is 6.21.